The van der Waals surface area contributed by atoms with E-state index in [1.165, 1.54) is 0 Å². The van der Waals surface area contributed by atoms with Crippen molar-refractivity contribution in [3.05, 3.63) is 48.0 Å². The molecule has 0 aliphatic heterocycles. The van der Waals surface area contributed by atoms with Crippen LogP contribution in [0.5, 0.6) is 0 Å². The predicted octanol–water partition coefficient (Wildman–Crippen LogP) is 3.06. The van der Waals surface area contributed by atoms with E-state index in [0.29, 0.717) is 16.6 Å². The third-order valence-electron chi connectivity index (χ3n) is 2.94. The maximum atomic E-state index is 12.2. The Hall–Kier alpha value is -2.04. The first-order valence-electron chi connectivity index (χ1n) is 5.87. The zero-order valence-electron chi connectivity index (χ0n) is 10.9. The van der Waals surface area contributed by atoms with Crippen LogP contribution in [-0.2, 0) is 4.57 Å². The summed E-state index contributed by atoms with van der Waals surface area (Å²) >= 11 is 0. The number of hydrogen-bond acceptors (Lipinski definition) is 3. The number of anilines is 1. The second kappa shape index (κ2) is 4.91. The highest BCUT2D eigenvalue weighted by molar-refractivity contribution is 7.70. The fourth-order valence-electron chi connectivity index (χ4n) is 1.96. The van der Waals surface area contributed by atoms with Gasteiger partial charge in [-0.1, -0.05) is 18.2 Å². The summed E-state index contributed by atoms with van der Waals surface area (Å²) in [4.78, 5) is 0. The van der Waals surface area contributed by atoms with Crippen molar-refractivity contribution < 1.29 is 4.57 Å². The monoisotopic (exact) mass is 270 g/mol. The number of nitrogens with zero attached hydrogens (tertiary/aromatic N) is 1. The van der Waals surface area contributed by atoms with Gasteiger partial charge in [0.05, 0.1) is 11.6 Å². The fraction of sp³-hybridized carbons (Fsp3) is 0.133. The van der Waals surface area contributed by atoms with Crippen molar-refractivity contribution in [2.45, 2.75) is 0 Å². The summed E-state index contributed by atoms with van der Waals surface area (Å²) in [5.41, 5.74) is 8.88. The molecule has 3 nitrogen and oxygen atoms in total. The minimum absolute atomic E-state index is 0.550. The van der Waals surface area contributed by atoms with Gasteiger partial charge in [0.2, 0.25) is 0 Å². The molecule has 0 amide bonds. The van der Waals surface area contributed by atoms with Gasteiger partial charge in [-0.2, -0.15) is 5.26 Å². The number of rotatable bonds is 2. The summed E-state index contributed by atoms with van der Waals surface area (Å²) in [6.45, 7) is 3.41. The van der Waals surface area contributed by atoms with Gasteiger partial charge in [0.15, 0.2) is 0 Å². The van der Waals surface area contributed by atoms with Crippen molar-refractivity contribution in [2.24, 2.45) is 0 Å². The maximum absolute atomic E-state index is 12.2. The normalized spacial score (nSPS) is 11.0. The summed E-state index contributed by atoms with van der Waals surface area (Å²) < 4.78 is 12.2. The van der Waals surface area contributed by atoms with Crippen LogP contribution < -0.4 is 11.0 Å². The van der Waals surface area contributed by atoms with Crippen LogP contribution in [0.4, 0.5) is 5.69 Å². The SMILES string of the molecule is CP(C)(=O)c1cc(-c2cccc(C#N)c2)ccc1N. The second-order valence-corrected chi connectivity index (χ2v) is 8.00. The molecule has 2 aromatic carbocycles. The van der Waals surface area contributed by atoms with Gasteiger partial charge in [0.25, 0.3) is 0 Å². The summed E-state index contributed by atoms with van der Waals surface area (Å²) in [5.74, 6) is 0. The zero-order valence-corrected chi connectivity index (χ0v) is 11.8. The van der Waals surface area contributed by atoms with E-state index in [4.69, 9.17) is 11.0 Å². The van der Waals surface area contributed by atoms with E-state index in [9.17, 15) is 4.57 Å². The van der Waals surface area contributed by atoms with E-state index in [1.807, 2.05) is 30.3 Å². The van der Waals surface area contributed by atoms with Crippen molar-refractivity contribution in [2.75, 3.05) is 19.1 Å². The van der Waals surface area contributed by atoms with Gasteiger partial charge in [-0.15, -0.1) is 0 Å². The number of nitriles is 1. The van der Waals surface area contributed by atoms with E-state index >= 15 is 0 Å². The third kappa shape index (κ3) is 2.86. The Balaban J connectivity index is 2.58. The van der Waals surface area contributed by atoms with E-state index in [-0.39, 0.29) is 0 Å². The van der Waals surface area contributed by atoms with Crippen molar-refractivity contribution >= 4 is 18.1 Å². The Bertz CT molecular complexity index is 710. The molecule has 0 aliphatic carbocycles. The van der Waals surface area contributed by atoms with Crippen molar-refractivity contribution in [3.8, 4) is 17.2 Å². The van der Waals surface area contributed by atoms with Crippen molar-refractivity contribution in [1.82, 2.24) is 0 Å². The molecule has 96 valence electrons. The van der Waals surface area contributed by atoms with Gasteiger partial charge in [-0.05, 0) is 48.7 Å². The summed E-state index contributed by atoms with van der Waals surface area (Å²) in [5, 5.41) is 9.61. The van der Waals surface area contributed by atoms with Crippen LogP contribution in [0.25, 0.3) is 11.1 Å². The molecular weight excluding hydrogens is 255 g/mol. The first-order valence-corrected chi connectivity index (χ1v) is 8.47. The van der Waals surface area contributed by atoms with Crippen LogP contribution in [-0.4, -0.2) is 13.3 Å². The van der Waals surface area contributed by atoms with Gasteiger partial charge in [0, 0.05) is 11.0 Å². The zero-order chi connectivity index (χ0) is 14.0. The lowest BCUT2D eigenvalue weighted by Crippen LogP contribution is -2.09. The molecule has 0 saturated carbocycles. The van der Waals surface area contributed by atoms with E-state index in [0.717, 1.165) is 11.1 Å². The topological polar surface area (TPSA) is 66.9 Å². The van der Waals surface area contributed by atoms with Crippen LogP contribution in [0.3, 0.4) is 0 Å². The van der Waals surface area contributed by atoms with Crippen LogP contribution in [0.1, 0.15) is 5.56 Å². The fourth-order valence-corrected chi connectivity index (χ4v) is 3.10. The quantitative estimate of drug-likeness (QED) is 0.673. The summed E-state index contributed by atoms with van der Waals surface area (Å²) in [6.07, 6.45) is 0. The van der Waals surface area contributed by atoms with Gasteiger partial charge in [0.1, 0.15) is 7.14 Å². The molecule has 0 bridgehead atoms. The second-order valence-electron chi connectivity index (χ2n) is 4.82. The molecule has 0 spiro atoms. The Labute approximate surface area is 113 Å². The molecule has 2 N–H and O–H groups in total. The minimum atomic E-state index is -2.41. The molecule has 2 aromatic rings. The number of nitrogens with two attached hydrogens (primary N) is 1. The highest BCUT2D eigenvalue weighted by Crippen LogP contribution is 2.38. The Morgan fingerprint density at radius 3 is 2.42 bits per heavy atom. The lowest BCUT2D eigenvalue weighted by Gasteiger charge is -2.12. The molecule has 2 rings (SSSR count). The first kappa shape index (κ1) is 13.4. The molecule has 0 heterocycles. The molecule has 0 atom stereocenters. The smallest absolute Gasteiger partial charge is 0.111 e. The van der Waals surface area contributed by atoms with E-state index in [1.54, 1.807) is 25.5 Å². The largest absolute Gasteiger partial charge is 0.398 e. The Morgan fingerprint density at radius 2 is 1.79 bits per heavy atom. The molecule has 0 aromatic heterocycles. The molecule has 0 fully saturated rings. The first-order chi connectivity index (χ1) is 8.91. The van der Waals surface area contributed by atoms with Gasteiger partial charge < -0.3 is 10.3 Å². The average Bonchev–Trinajstić information content (AvgIpc) is 2.38. The molecular formula is C15H15N2OP. The third-order valence-corrected chi connectivity index (χ3v) is 4.48. The maximum Gasteiger partial charge on any atom is 0.111 e. The predicted molar refractivity (Wildman–Crippen MR) is 80.1 cm³/mol. The molecule has 19 heavy (non-hydrogen) atoms. The molecule has 0 radical (unpaired) electrons. The van der Waals surface area contributed by atoms with Crippen molar-refractivity contribution in [1.29, 1.82) is 5.26 Å². The lowest BCUT2D eigenvalue weighted by atomic mass is 10.0. The number of benzene rings is 2. The average molecular weight is 270 g/mol. The van der Waals surface area contributed by atoms with Crippen LogP contribution >= 0.6 is 7.14 Å². The van der Waals surface area contributed by atoms with Gasteiger partial charge in [-0.25, -0.2) is 0 Å². The molecule has 0 unspecified atom stereocenters. The minimum Gasteiger partial charge on any atom is -0.398 e. The highest BCUT2D eigenvalue weighted by atomic mass is 31.2. The van der Waals surface area contributed by atoms with Crippen LogP contribution in [0.15, 0.2) is 42.5 Å². The lowest BCUT2D eigenvalue weighted by molar-refractivity contribution is 0.588. The highest BCUT2D eigenvalue weighted by Gasteiger charge is 2.15. The van der Waals surface area contributed by atoms with Crippen molar-refractivity contribution in [3.63, 3.8) is 0 Å². The Kier molecular flexibility index (Phi) is 3.46. The molecule has 0 saturated heterocycles. The molecule has 4 heteroatoms. The number of nitrogen functional groups attached to an aromatic ring is 1. The van der Waals surface area contributed by atoms with Gasteiger partial charge in [-0.3, -0.25) is 0 Å². The summed E-state index contributed by atoms with van der Waals surface area (Å²) in [6, 6.07) is 14.9. The van der Waals surface area contributed by atoms with Crippen LogP contribution in [0.2, 0.25) is 0 Å². The van der Waals surface area contributed by atoms with E-state index < -0.39 is 7.14 Å². The van der Waals surface area contributed by atoms with Gasteiger partial charge >= 0.3 is 0 Å². The number of hydrogen-bond donors (Lipinski definition) is 1. The molecule has 0 aliphatic rings. The van der Waals surface area contributed by atoms with E-state index in [2.05, 4.69) is 6.07 Å². The standard InChI is InChI=1S/C15H15N2OP/c1-19(2,18)15-9-13(6-7-14(15)17)12-5-3-4-11(8-12)10-16/h3-9H,17H2,1-2H3. The summed E-state index contributed by atoms with van der Waals surface area (Å²) in [7, 11) is -2.41. The van der Waals surface area contributed by atoms with Crippen LogP contribution in [0, 0.1) is 11.3 Å². The Morgan fingerprint density at radius 1 is 1.11 bits per heavy atom.